The summed E-state index contributed by atoms with van der Waals surface area (Å²) in [7, 11) is 0. The van der Waals surface area contributed by atoms with Gasteiger partial charge in [0, 0.05) is 31.5 Å². The number of nitrogens with zero attached hydrogens (tertiary/aromatic N) is 2. The molecule has 0 saturated carbocycles. The lowest BCUT2D eigenvalue weighted by Crippen LogP contribution is -2.36. The third kappa shape index (κ3) is 4.94. The van der Waals surface area contributed by atoms with Crippen LogP contribution in [0.5, 0.6) is 0 Å². The first kappa shape index (κ1) is 21.7. The van der Waals surface area contributed by atoms with E-state index in [4.69, 9.17) is 4.74 Å². The minimum atomic E-state index is -1.43. The van der Waals surface area contributed by atoms with Crippen molar-refractivity contribution in [3.63, 3.8) is 0 Å². The van der Waals surface area contributed by atoms with Crippen LogP contribution in [0.2, 0.25) is 0 Å². The summed E-state index contributed by atoms with van der Waals surface area (Å²) in [6.07, 6.45) is -1.10. The predicted molar refractivity (Wildman–Crippen MR) is 99.4 cm³/mol. The van der Waals surface area contributed by atoms with Gasteiger partial charge in [-0.25, -0.2) is 4.79 Å². The molecule has 0 radical (unpaired) electrons. The van der Waals surface area contributed by atoms with Gasteiger partial charge in [0.1, 0.15) is 6.10 Å². The van der Waals surface area contributed by atoms with Crippen molar-refractivity contribution in [3.05, 3.63) is 48.0 Å². The van der Waals surface area contributed by atoms with Crippen LogP contribution in [0, 0.1) is 5.92 Å². The van der Waals surface area contributed by atoms with E-state index in [1.54, 1.807) is 18.2 Å². The standard InChI is InChI=1S/C20H18N2O9/c23-14-6-7-15(24)21(14)11-10-13(19(27)28)18(12-4-2-1-3-5-12)30-20(29)31-22-16(25)8-9-17(22)26/h1-7,13,18H,8-11H2,(H,27,28). The number of ether oxygens (including phenoxy) is 1. The van der Waals surface area contributed by atoms with Gasteiger partial charge in [0.25, 0.3) is 23.6 Å². The molecule has 11 nitrogen and oxygen atoms in total. The molecule has 1 aromatic rings. The Morgan fingerprint density at radius 1 is 0.968 bits per heavy atom. The lowest BCUT2D eigenvalue weighted by atomic mass is 9.92. The molecule has 1 saturated heterocycles. The van der Waals surface area contributed by atoms with Crippen LogP contribution in [-0.4, -0.2) is 57.4 Å². The quantitative estimate of drug-likeness (QED) is 0.470. The zero-order valence-corrected chi connectivity index (χ0v) is 16.1. The second-order valence-corrected chi connectivity index (χ2v) is 6.77. The monoisotopic (exact) mass is 430 g/mol. The number of carboxylic acids is 1. The average Bonchev–Trinajstić information content (AvgIpc) is 3.23. The highest BCUT2D eigenvalue weighted by Crippen LogP contribution is 2.30. The van der Waals surface area contributed by atoms with Gasteiger partial charge >= 0.3 is 12.1 Å². The van der Waals surface area contributed by atoms with Gasteiger partial charge in [0.2, 0.25) is 0 Å². The van der Waals surface area contributed by atoms with Crippen molar-refractivity contribution in [3.8, 4) is 0 Å². The molecule has 11 heteroatoms. The van der Waals surface area contributed by atoms with Crippen molar-refractivity contribution in [1.29, 1.82) is 0 Å². The van der Waals surface area contributed by atoms with Crippen LogP contribution in [0.4, 0.5) is 4.79 Å². The molecule has 162 valence electrons. The Morgan fingerprint density at radius 2 is 1.55 bits per heavy atom. The molecular weight excluding hydrogens is 412 g/mol. The minimum absolute atomic E-state index is 0.113. The number of hydroxylamine groups is 2. The highest BCUT2D eigenvalue weighted by atomic mass is 16.8. The Balaban J connectivity index is 1.77. The molecule has 31 heavy (non-hydrogen) atoms. The van der Waals surface area contributed by atoms with E-state index in [9.17, 15) is 33.9 Å². The van der Waals surface area contributed by atoms with Gasteiger partial charge < -0.3 is 9.84 Å². The van der Waals surface area contributed by atoms with Gasteiger partial charge in [-0.15, -0.1) is 0 Å². The molecule has 1 aromatic carbocycles. The van der Waals surface area contributed by atoms with Crippen LogP contribution < -0.4 is 0 Å². The molecule has 4 amide bonds. The molecule has 2 unspecified atom stereocenters. The summed E-state index contributed by atoms with van der Waals surface area (Å²) in [5.41, 5.74) is 0.308. The third-order valence-electron chi connectivity index (χ3n) is 4.77. The zero-order chi connectivity index (χ0) is 22.5. The molecule has 3 rings (SSSR count). The fraction of sp³-hybridized carbons (Fsp3) is 0.300. The van der Waals surface area contributed by atoms with Gasteiger partial charge in [-0.3, -0.25) is 33.7 Å². The normalized spacial score (nSPS) is 17.8. The van der Waals surface area contributed by atoms with Gasteiger partial charge in [0.15, 0.2) is 0 Å². The van der Waals surface area contributed by atoms with E-state index in [0.717, 1.165) is 17.1 Å². The number of carbonyl (C=O) groups is 6. The van der Waals surface area contributed by atoms with Gasteiger partial charge in [-0.1, -0.05) is 35.4 Å². The molecule has 0 aromatic heterocycles. The van der Waals surface area contributed by atoms with E-state index >= 15 is 0 Å². The van der Waals surface area contributed by atoms with Crippen molar-refractivity contribution in [1.82, 2.24) is 9.96 Å². The maximum Gasteiger partial charge on any atom is 0.534 e. The van der Waals surface area contributed by atoms with E-state index in [0.29, 0.717) is 5.56 Å². The minimum Gasteiger partial charge on any atom is -0.481 e. The molecule has 1 fully saturated rings. The summed E-state index contributed by atoms with van der Waals surface area (Å²) in [5, 5.41) is 10.0. The first-order valence-corrected chi connectivity index (χ1v) is 9.33. The summed E-state index contributed by atoms with van der Waals surface area (Å²) >= 11 is 0. The van der Waals surface area contributed by atoms with E-state index in [1.807, 2.05) is 0 Å². The van der Waals surface area contributed by atoms with Crippen LogP contribution in [0.3, 0.4) is 0 Å². The molecule has 2 aliphatic heterocycles. The van der Waals surface area contributed by atoms with Crippen LogP contribution in [0.25, 0.3) is 0 Å². The number of carbonyl (C=O) groups excluding carboxylic acids is 5. The molecule has 2 heterocycles. The van der Waals surface area contributed by atoms with E-state index in [1.165, 1.54) is 12.1 Å². The number of hydrogen-bond donors (Lipinski definition) is 1. The lowest BCUT2D eigenvalue weighted by molar-refractivity contribution is -0.180. The first-order chi connectivity index (χ1) is 14.8. The lowest BCUT2D eigenvalue weighted by Gasteiger charge is -2.26. The van der Waals surface area contributed by atoms with Gasteiger partial charge in [0.05, 0.1) is 5.92 Å². The Labute approximate surface area is 175 Å². The largest absolute Gasteiger partial charge is 0.534 e. The summed E-state index contributed by atoms with van der Waals surface area (Å²) in [6.45, 7) is -0.216. The smallest absolute Gasteiger partial charge is 0.481 e. The Hall–Kier alpha value is -4.02. The maximum absolute atomic E-state index is 12.3. The summed E-state index contributed by atoms with van der Waals surface area (Å²) < 4.78 is 5.20. The fourth-order valence-electron chi connectivity index (χ4n) is 3.21. The van der Waals surface area contributed by atoms with E-state index < -0.39 is 47.8 Å². The second-order valence-electron chi connectivity index (χ2n) is 6.77. The number of imide groups is 2. The zero-order valence-electron chi connectivity index (χ0n) is 16.1. The number of rotatable bonds is 8. The topological polar surface area (TPSA) is 148 Å². The Kier molecular flexibility index (Phi) is 6.43. The molecule has 0 aliphatic carbocycles. The van der Waals surface area contributed by atoms with Crippen LogP contribution >= 0.6 is 0 Å². The van der Waals surface area contributed by atoms with Crippen molar-refractivity contribution in [2.45, 2.75) is 25.4 Å². The number of carboxylic acid groups (broad SMARTS) is 1. The SMILES string of the molecule is O=C(OC(c1ccccc1)C(CCN1C(=O)C=CC1=O)C(=O)O)ON1C(=O)CCC1=O. The highest BCUT2D eigenvalue weighted by molar-refractivity contribution is 6.12. The molecule has 2 aliphatic rings. The summed E-state index contributed by atoms with van der Waals surface area (Å²) in [5.74, 6) is -5.28. The number of aliphatic carboxylic acids is 1. The van der Waals surface area contributed by atoms with Crippen molar-refractivity contribution >= 4 is 35.8 Å². The summed E-state index contributed by atoms with van der Waals surface area (Å²) in [4.78, 5) is 76.5. The van der Waals surface area contributed by atoms with Crippen LogP contribution in [0.1, 0.15) is 30.9 Å². The molecule has 2 atom stereocenters. The first-order valence-electron chi connectivity index (χ1n) is 9.33. The van der Waals surface area contributed by atoms with Crippen molar-refractivity contribution in [2.75, 3.05) is 6.54 Å². The Bertz CT molecular complexity index is 923. The van der Waals surface area contributed by atoms with Gasteiger partial charge in [-0.2, -0.15) is 0 Å². The number of amides is 4. The van der Waals surface area contributed by atoms with Crippen molar-refractivity contribution < 1.29 is 43.4 Å². The predicted octanol–water partition coefficient (Wildman–Crippen LogP) is 0.961. The highest BCUT2D eigenvalue weighted by Gasteiger charge is 2.38. The molecule has 0 spiro atoms. The van der Waals surface area contributed by atoms with Crippen LogP contribution in [0.15, 0.2) is 42.5 Å². The number of benzene rings is 1. The van der Waals surface area contributed by atoms with E-state index in [-0.39, 0.29) is 30.9 Å². The average molecular weight is 430 g/mol. The van der Waals surface area contributed by atoms with Gasteiger partial charge in [-0.05, 0) is 12.0 Å². The Morgan fingerprint density at radius 3 is 2.10 bits per heavy atom. The molecule has 1 N–H and O–H groups in total. The molecular formula is C20H18N2O9. The second kappa shape index (κ2) is 9.20. The third-order valence-corrected chi connectivity index (χ3v) is 4.77. The summed E-state index contributed by atoms with van der Waals surface area (Å²) in [6, 6.07) is 7.91. The van der Waals surface area contributed by atoms with E-state index in [2.05, 4.69) is 4.84 Å². The van der Waals surface area contributed by atoms with Crippen molar-refractivity contribution in [2.24, 2.45) is 5.92 Å². The van der Waals surface area contributed by atoms with Crippen LogP contribution in [-0.2, 0) is 33.5 Å². The molecule has 0 bridgehead atoms. The number of hydrogen-bond acceptors (Lipinski definition) is 8. The fourth-order valence-corrected chi connectivity index (χ4v) is 3.21. The maximum atomic E-state index is 12.3.